The molecule has 7 heteroatoms. The molecule has 0 fully saturated rings. The Labute approximate surface area is 173 Å². The van der Waals surface area contributed by atoms with Gasteiger partial charge >= 0.3 is 0 Å². The molecule has 0 unspecified atom stereocenters. The Morgan fingerprint density at radius 3 is 2.61 bits per heavy atom. The number of ether oxygens (including phenoxy) is 2. The molecule has 148 valence electrons. The van der Waals surface area contributed by atoms with Crippen molar-refractivity contribution in [2.24, 2.45) is 0 Å². The normalized spacial score (nSPS) is 10.6. The van der Waals surface area contributed by atoms with Gasteiger partial charge in [-0.15, -0.1) is 0 Å². The van der Waals surface area contributed by atoms with Crippen LogP contribution in [-0.4, -0.2) is 32.6 Å². The maximum Gasteiger partial charge on any atom is 0.244 e. The first-order valence-electron chi connectivity index (χ1n) is 8.67. The Morgan fingerprint density at radius 2 is 1.89 bits per heavy atom. The standard InChI is InChI=1S/C21H23BrN2O4/c1-14-4-6-16(22)13-18(14)24-21(26)10-11-23-20(25)9-5-15-12-17(27-2)7-8-19(15)28-3/h4-9,12-13H,10-11H2,1-3H3,(H,23,25)(H,24,26)/b9-5+. The quantitative estimate of drug-likeness (QED) is 0.602. The minimum absolute atomic E-state index is 0.167. The molecule has 0 saturated carbocycles. The molecule has 28 heavy (non-hydrogen) atoms. The molecule has 0 heterocycles. The van der Waals surface area contributed by atoms with E-state index in [0.717, 1.165) is 21.3 Å². The Bertz CT molecular complexity index is 881. The number of hydrogen-bond donors (Lipinski definition) is 2. The largest absolute Gasteiger partial charge is 0.497 e. The lowest BCUT2D eigenvalue weighted by Crippen LogP contribution is -2.26. The molecule has 0 atom stereocenters. The van der Waals surface area contributed by atoms with E-state index in [-0.39, 0.29) is 24.8 Å². The number of carbonyl (C=O) groups is 2. The van der Waals surface area contributed by atoms with E-state index < -0.39 is 0 Å². The molecule has 2 aromatic rings. The van der Waals surface area contributed by atoms with Crippen LogP contribution in [0, 0.1) is 6.92 Å². The van der Waals surface area contributed by atoms with Crippen molar-refractivity contribution in [3.05, 3.63) is 58.1 Å². The van der Waals surface area contributed by atoms with Crippen LogP contribution in [0.1, 0.15) is 17.5 Å². The van der Waals surface area contributed by atoms with Crippen LogP contribution >= 0.6 is 15.9 Å². The molecule has 2 amide bonds. The summed E-state index contributed by atoms with van der Waals surface area (Å²) in [5.74, 6) is 0.838. The molecular weight excluding hydrogens is 424 g/mol. The van der Waals surface area contributed by atoms with Crippen molar-refractivity contribution in [1.82, 2.24) is 5.32 Å². The van der Waals surface area contributed by atoms with Gasteiger partial charge in [0.1, 0.15) is 11.5 Å². The highest BCUT2D eigenvalue weighted by atomic mass is 79.9. The maximum atomic E-state index is 12.1. The molecule has 0 aliphatic rings. The monoisotopic (exact) mass is 446 g/mol. The highest BCUT2D eigenvalue weighted by molar-refractivity contribution is 9.10. The van der Waals surface area contributed by atoms with Gasteiger partial charge in [-0.25, -0.2) is 0 Å². The Morgan fingerprint density at radius 1 is 1.11 bits per heavy atom. The SMILES string of the molecule is COc1ccc(OC)c(/C=C/C(=O)NCCC(=O)Nc2cc(Br)ccc2C)c1. The third-order valence-electron chi connectivity index (χ3n) is 3.98. The zero-order valence-corrected chi connectivity index (χ0v) is 17.6. The van der Waals surface area contributed by atoms with Crippen molar-refractivity contribution >= 4 is 39.5 Å². The predicted octanol–water partition coefficient (Wildman–Crippen LogP) is 3.93. The van der Waals surface area contributed by atoms with Crippen LogP contribution in [0.2, 0.25) is 0 Å². The van der Waals surface area contributed by atoms with Crippen LogP contribution in [0.4, 0.5) is 5.69 Å². The summed E-state index contributed by atoms with van der Waals surface area (Å²) in [4.78, 5) is 24.1. The molecular formula is C21H23BrN2O4. The zero-order chi connectivity index (χ0) is 20.5. The Balaban J connectivity index is 1.85. The van der Waals surface area contributed by atoms with Crippen LogP contribution in [0.3, 0.4) is 0 Å². The first kappa shape index (κ1) is 21.5. The highest BCUT2D eigenvalue weighted by Gasteiger charge is 2.07. The summed E-state index contributed by atoms with van der Waals surface area (Å²) >= 11 is 3.38. The summed E-state index contributed by atoms with van der Waals surface area (Å²) in [5, 5.41) is 5.54. The average Bonchev–Trinajstić information content (AvgIpc) is 2.68. The van der Waals surface area contributed by atoms with Gasteiger partial charge in [0.2, 0.25) is 11.8 Å². The number of hydrogen-bond acceptors (Lipinski definition) is 4. The van der Waals surface area contributed by atoms with Gasteiger partial charge in [0.25, 0.3) is 0 Å². The minimum atomic E-state index is -0.295. The van der Waals surface area contributed by atoms with Gasteiger partial charge in [-0.05, 0) is 48.9 Å². The molecule has 2 rings (SSSR count). The summed E-state index contributed by atoms with van der Waals surface area (Å²) in [5.41, 5.74) is 2.44. The lowest BCUT2D eigenvalue weighted by molar-refractivity contribution is -0.117. The third-order valence-corrected chi connectivity index (χ3v) is 4.47. The zero-order valence-electron chi connectivity index (χ0n) is 16.0. The fourth-order valence-electron chi connectivity index (χ4n) is 2.43. The molecule has 0 radical (unpaired) electrons. The van der Waals surface area contributed by atoms with Crippen molar-refractivity contribution < 1.29 is 19.1 Å². The van der Waals surface area contributed by atoms with Gasteiger partial charge in [-0.3, -0.25) is 9.59 Å². The Hall–Kier alpha value is -2.80. The smallest absolute Gasteiger partial charge is 0.244 e. The van der Waals surface area contributed by atoms with Crippen molar-refractivity contribution in [3.63, 3.8) is 0 Å². The van der Waals surface area contributed by atoms with Gasteiger partial charge < -0.3 is 20.1 Å². The van der Waals surface area contributed by atoms with E-state index in [0.29, 0.717) is 11.5 Å². The van der Waals surface area contributed by atoms with E-state index in [1.807, 2.05) is 25.1 Å². The average molecular weight is 447 g/mol. The molecule has 0 aliphatic heterocycles. The third kappa shape index (κ3) is 6.42. The number of aryl methyl sites for hydroxylation is 1. The minimum Gasteiger partial charge on any atom is -0.497 e. The second-order valence-corrected chi connectivity index (χ2v) is 6.91. The van der Waals surface area contributed by atoms with E-state index in [1.54, 1.807) is 38.5 Å². The topological polar surface area (TPSA) is 76.7 Å². The van der Waals surface area contributed by atoms with Crippen LogP contribution in [0.5, 0.6) is 11.5 Å². The molecule has 0 bridgehead atoms. The van der Waals surface area contributed by atoms with Crippen LogP contribution < -0.4 is 20.1 Å². The highest BCUT2D eigenvalue weighted by Crippen LogP contribution is 2.25. The number of amides is 2. The lowest BCUT2D eigenvalue weighted by Gasteiger charge is -2.09. The fraction of sp³-hybridized carbons (Fsp3) is 0.238. The van der Waals surface area contributed by atoms with Gasteiger partial charge in [0.15, 0.2) is 0 Å². The first-order chi connectivity index (χ1) is 13.4. The second-order valence-electron chi connectivity index (χ2n) is 5.99. The molecule has 0 aliphatic carbocycles. The van der Waals surface area contributed by atoms with Gasteiger partial charge in [0.05, 0.1) is 14.2 Å². The van der Waals surface area contributed by atoms with E-state index in [2.05, 4.69) is 26.6 Å². The second kappa shape index (κ2) is 10.5. The maximum absolute atomic E-state index is 12.1. The van der Waals surface area contributed by atoms with Crippen LogP contribution in [-0.2, 0) is 9.59 Å². The number of rotatable bonds is 8. The number of carbonyl (C=O) groups excluding carboxylic acids is 2. The number of halogens is 1. The van der Waals surface area contributed by atoms with Crippen molar-refractivity contribution in [3.8, 4) is 11.5 Å². The van der Waals surface area contributed by atoms with Gasteiger partial charge in [-0.2, -0.15) is 0 Å². The number of nitrogens with one attached hydrogen (secondary N) is 2. The summed E-state index contributed by atoms with van der Waals surface area (Å²) in [6.45, 7) is 2.15. The number of anilines is 1. The molecule has 0 saturated heterocycles. The van der Waals surface area contributed by atoms with Gasteiger partial charge in [-0.1, -0.05) is 22.0 Å². The molecule has 0 aromatic heterocycles. The predicted molar refractivity (Wildman–Crippen MR) is 114 cm³/mol. The van der Waals surface area contributed by atoms with E-state index in [4.69, 9.17) is 9.47 Å². The van der Waals surface area contributed by atoms with Crippen molar-refractivity contribution in [2.45, 2.75) is 13.3 Å². The van der Waals surface area contributed by atoms with E-state index in [9.17, 15) is 9.59 Å². The van der Waals surface area contributed by atoms with Crippen LogP contribution in [0.15, 0.2) is 46.9 Å². The molecule has 2 aromatic carbocycles. The fourth-order valence-corrected chi connectivity index (χ4v) is 2.80. The molecule has 6 nitrogen and oxygen atoms in total. The summed E-state index contributed by atoms with van der Waals surface area (Å²) in [7, 11) is 3.13. The summed E-state index contributed by atoms with van der Waals surface area (Å²) < 4.78 is 11.3. The van der Waals surface area contributed by atoms with Gasteiger partial charge in [0, 0.05) is 34.8 Å². The van der Waals surface area contributed by atoms with E-state index >= 15 is 0 Å². The summed E-state index contributed by atoms with van der Waals surface area (Å²) in [6.07, 6.45) is 3.21. The summed E-state index contributed by atoms with van der Waals surface area (Å²) in [6, 6.07) is 11.0. The number of methoxy groups -OCH3 is 2. The Kier molecular flexibility index (Phi) is 8.07. The van der Waals surface area contributed by atoms with Crippen LogP contribution in [0.25, 0.3) is 6.08 Å². The first-order valence-corrected chi connectivity index (χ1v) is 9.46. The van der Waals surface area contributed by atoms with E-state index in [1.165, 1.54) is 6.08 Å². The lowest BCUT2D eigenvalue weighted by atomic mass is 10.1. The number of benzene rings is 2. The molecule has 2 N–H and O–H groups in total. The van der Waals surface area contributed by atoms with Crippen molar-refractivity contribution in [2.75, 3.05) is 26.1 Å². The molecule has 0 spiro atoms. The van der Waals surface area contributed by atoms with Crippen molar-refractivity contribution in [1.29, 1.82) is 0 Å².